The number of nitrogens with two attached hydrogens (primary N) is 2. The molecule has 0 unspecified atom stereocenters. The van der Waals surface area contributed by atoms with Gasteiger partial charge in [0.15, 0.2) is 18.1 Å². The fourth-order valence-corrected chi connectivity index (χ4v) is 1.63. The Hall–Kier alpha value is -1.99. The van der Waals surface area contributed by atoms with E-state index in [-0.39, 0.29) is 10.8 Å². The maximum Gasteiger partial charge on any atom is 0.318 e. The Labute approximate surface area is 114 Å². The Morgan fingerprint density at radius 1 is 1.42 bits per heavy atom. The number of halogens is 1. The molecule has 0 radical (unpaired) electrons. The van der Waals surface area contributed by atoms with Crippen LogP contribution in [0.15, 0.2) is 12.1 Å². The molecule has 8 heteroatoms. The highest BCUT2D eigenvalue weighted by atomic mass is 35.5. The average molecular weight is 288 g/mol. The number of benzene rings is 1. The lowest BCUT2D eigenvalue weighted by Crippen LogP contribution is -2.38. The van der Waals surface area contributed by atoms with Crippen LogP contribution < -0.4 is 26.3 Å². The predicted molar refractivity (Wildman–Crippen MR) is 69.1 cm³/mol. The molecule has 3 amide bonds. The number of imide groups is 1. The minimum atomic E-state index is -0.954. The van der Waals surface area contributed by atoms with Gasteiger partial charge in [0.2, 0.25) is 0 Å². The second-order valence-corrected chi connectivity index (χ2v) is 3.92. The van der Waals surface area contributed by atoms with Crippen molar-refractivity contribution in [3.8, 4) is 11.5 Å². The van der Waals surface area contributed by atoms with Gasteiger partial charge in [-0.25, -0.2) is 4.79 Å². The predicted octanol–water partition coefficient (Wildman–Crippen LogP) is 0.381. The number of rotatable bonds is 5. The Bertz CT molecular complexity index is 493. The Balaban J connectivity index is 2.83. The summed E-state index contributed by atoms with van der Waals surface area (Å²) in [4.78, 5) is 21.7. The van der Waals surface area contributed by atoms with Crippen LogP contribution in [0.2, 0.25) is 5.02 Å². The molecular weight excluding hydrogens is 274 g/mol. The molecule has 5 N–H and O–H groups in total. The standard InChI is InChI=1S/C11H14ClN3O4/c1-18-8-3-6(4-13)2-7(12)10(8)19-5-9(16)15-11(14)17/h2-3H,4-5,13H2,1H3,(H3,14,15,16,17). The molecule has 104 valence electrons. The van der Waals surface area contributed by atoms with Gasteiger partial charge in [0.25, 0.3) is 5.91 Å². The van der Waals surface area contributed by atoms with E-state index in [1.54, 1.807) is 12.1 Å². The Kier molecular flexibility index (Phi) is 5.40. The highest BCUT2D eigenvalue weighted by molar-refractivity contribution is 6.32. The number of hydrogen-bond acceptors (Lipinski definition) is 5. The molecule has 1 aromatic carbocycles. The SMILES string of the molecule is COc1cc(CN)cc(Cl)c1OCC(=O)NC(N)=O. The summed E-state index contributed by atoms with van der Waals surface area (Å²) in [7, 11) is 1.43. The Morgan fingerprint density at radius 2 is 2.11 bits per heavy atom. The summed E-state index contributed by atoms with van der Waals surface area (Å²) in [5.41, 5.74) is 11.1. The van der Waals surface area contributed by atoms with Gasteiger partial charge in [-0.1, -0.05) is 11.6 Å². The van der Waals surface area contributed by atoms with Gasteiger partial charge in [-0.15, -0.1) is 0 Å². The first-order valence-corrected chi connectivity index (χ1v) is 5.64. The van der Waals surface area contributed by atoms with Crippen molar-refractivity contribution in [2.45, 2.75) is 6.54 Å². The van der Waals surface area contributed by atoms with Gasteiger partial charge in [-0.05, 0) is 17.7 Å². The van der Waals surface area contributed by atoms with Gasteiger partial charge < -0.3 is 20.9 Å². The van der Waals surface area contributed by atoms with Gasteiger partial charge in [-0.2, -0.15) is 0 Å². The van der Waals surface area contributed by atoms with E-state index in [2.05, 4.69) is 0 Å². The molecular formula is C11H14ClN3O4. The van der Waals surface area contributed by atoms with Crippen molar-refractivity contribution in [3.63, 3.8) is 0 Å². The summed E-state index contributed by atoms with van der Waals surface area (Å²) in [6.07, 6.45) is 0. The fraction of sp³-hybridized carbons (Fsp3) is 0.273. The molecule has 7 nitrogen and oxygen atoms in total. The summed E-state index contributed by atoms with van der Waals surface area (Å²) >= 11 is 6.00. The van der Waals surface area contributed by atoms with Gasteiger partial charge >= 0.3 is 6.03 Å². The lowest BCUT2D eigenvalue weighted by atomic mass is 10.2. The number of amides is 3. The van der Waals surface area contributed by atoms with Crippen LogP contribution in [-0.4, -0.2) is 25.7 Å². The van der Waals surface area contributed by atoms with Gasteiger partial charge in [0.05, 0.1) is 12.1 Å². The molecule has 0 spiro atoms. The van der Waals surface area contributed by atoms with Crippen molar-refractivity contribution < 1.29 is 19.1 Å². The number of nitrogens with one attached hydrogen (secondary N) is 1. The van der Waals surface area contributed by atoms with Crippen LogP contribution >= 0.6 is 11.6 Å². The van der Waals surface area contributed by atoms with E-state index in [0.29, 0.717) is 12.3 Å². The molecule has 0 aliphatic carbocycles. The molecule has 0 saturated carbocycles. The number of carbonyl (C=O) groups excluding carboxylic acids is 2. The van der Waals surface area contributed by atoms with E-state index >= 15 is 0 Å². The average Bonchev–Trinajstić information content (AvgIpc) is 2.35. The molecule has 0 aromatic heterocycles. The van der Waals surface area contributed by atoms with Crippen molar-refractivity contribution in [2.24, 2.45) is 11.5 Å². The Morgan fingerprint density at radius 3 is 2.63 bits per heavy atom. The van der Waals surface area contributed by atoms with Gasteiger partial charge in [0, 0.05) is 6.54 Å². The molecule has 0 aliphatic rings. The summed E-state index contributed by atoms with van der Waals surface area (Å²) in [5, 5.41) is 2.12. The van der Waals surface area contributed by atoms with Crippen LogP contribution in [0.5, 0.6) is 11.5 Å². The first-order valence-electron chi connectivity index (χ1n) is 5.26. The number of carbonyl (C=O) groups is 2. The van der Waals surface area contributed by atoms with Crippen molar-refractivity contribution >= 4 is 23.5 Å². The zero-order valence-corrected chi connectivity index (χ0v) is 11.0. The normalized spacial score (nSPS) is 9.84. The first kappa shape index (κ1) is 15.1. The minimum Gasteiger partial charge on any atom is -0.493 e. The van der Waals surface area contributed by atoms with Crippen LogP contribution in [0, 0.1) is 0 Å². The van der Waals surface area contributed by atoms with Crippen molar-refractivity contribution in [3.05, 3.63) is 22.7 Å². The lowest BCUT2D eigenvalue weighted by Gasteiger charge is -2.13. The van der Waals surface area contributed by atoms with E-state index < -0.39 is 18.5 Å². The monoisotopic (exact) mass is 287 g/mol. The van der Waals surface area contributed by atoms with Crippen LogP contribution in [0.4, 0.5) is 4.79 Å². The second kappa shape index (κ2) is 6.81. The topological polar surface area (TPSA) is 117 Å². The molecule has 0 fully saturated rings. The second-order valence-electron chi connectivity index (χ2n) is 3.51. The molecule has 1 aromatic rings. The first-order chi connectivity index (χ1) is 8.97. The molecule has 0 aliphatic heterocycles. The van der Waals surface area contributed by atoms with Crippen LogP contribution in [0.3, 0.4) is 0 Å². The zero-order valence-electron chi connectivity index (χ0n) is 10.2. The van der Waals surface area contributed by atoms with Crippen LogP contribution in [0.1, 0.15) is 5.56 Å². The number of ether oxygens (including phenoxy) is 2. The van der Waals surface area contributed by atoms with E-state index in [9.17, 15) is 9.59 Å². The van der Waals surface area contributed by atoms with Crippen LogP contribution in [0.25, 0.3) is 0 Å². The lowest BCUT2D eigenvalue weighted by molar-refractivity contribution is -0.121. The summed E-state index contributed by atoms with van der Waals surface area (Å²) in [5.74, 6) is -0.144. The van der Waals surface area contributed by atoms with Crippen LogP contribution in [-0.2, 0) is 11.3 Å². The molecule has 0 saturated heterocycles. The van der Waals surface area contributed by atoms with Gasteiger partial charge in [-0.3, -0.25) is 10.1 Å². The van der Waals surface area contributed by atoms with Crippen molar-refractivity contribution in [1.82, 2.24) is 5.32 Å². The zero-order chi connectivity index (χ0) is 14.4. The van der Waals surface area contributed by atoms with Gasteiger partial charge in [0.1, 0.15) is 0 Å². The third kappa shape index (κ3) is 4.31. The van der Waals surface area contributed by atoms with Crippen molar-refractivity contribution in [2.75, 3.05) is 13.7 Å². The summed E-state index contributed by atoms with van der Waals surface area (Å²) in [6.45, 7) is -0.125. The van der Waals surface area contributed by atoms with E-state index in [1.807, 2.05) is 5.32 Å². The molecule has 19 heavy (non-hydrogen) atoms. The van der Waals surface area contributed by atoms with E-state index in [4.69, 9.17) is 32.5 Å². The maximum absolute atomic E-state index is 11.2. The number of primary amides is 1. The number of hydrogen-bond donors (Lipinski definition) is 3. The van der Waals surface area contributed by atoms with E-state index in [1.165, 1.54) is 7.11 Å². The highest BCUT2D eigenvalue weighted by Crippen LogP contribution is 2.36. The van der Waals surface area contributed by atoms with Crippen molar-refractivity contribution in [1.29, 1.82) is 0 Å². The third-order valence-electron chi connectivity index (χ3n) is 2.14. The summed E-state index contributed by atoms with van der Waals surface area (Å²) in [6, 6.07) is 2.30. The highest BCUT2D eigenvalue weighted by Gasteiger charge is 2.14. The largest absolute Gasteiger partial charge is 0.493 e. The van der Waals surface area contributed by atoms with E-state index in [0.717, 1.165) is 5.56 Å². The molecule has 1 rings (SSSR count). The number of methoxy groups -OCH3 is 1. The molecule has 0 bridgehead atoms. The smallest absolute Gasteiger partial charge is 0.318 e. The minimum absolute atomic E-state index is 0.195. The fourth-order valence-electron chi connectivity index (χ4n) is 1.34. The number of urea groups is 1. The molecule has 0 heterocycles. The quantitative estimate of drug-likeness (QED) is 0.724. The maximum atomic E-state index is 11.2. The third-order valence-corrected chi connectivity index (χ3v) is 2.42. The molecule has 0 atom stereocenters. The summed E-state index contributed by atoms with van der Waals surface area (Å²) < 4.78 is 10.3.